The molecule has 2 atom stereocenters. The minimum atomic E-state index is 0.365. The highest BCUT2D eigenvalue weighted by molar-refractivity contribution is 5.32. The van der Waals surface area contributed by atoms with Crippen molar-refractivity contribution < 1.29 is 4.74 Å². The van der Waals surface area contributed by atoms with E-state index in [1.165, 1.54) is 16.7 Å². The maximum atomic E-state index is 5.40. The molecule has 2 rings (SSSR count). The normalized spacial score (nSPS) is 27.2. The fourth-order valence-corrected chi connectivity index (χ4v) is 1.48. The lowest BCUT2D eigenvalue weighted by Crippen LogP contribution is -1.87. The summed E-state index contributed by atoms with van der Waals surface area (Å²) in [5.74, 6) is 0. The number of rotatable bonds is 1. The monoisotopic (exact) mass is 162 g/mol. The van der Waals surface area contributed by atoms with E-state index in [1.54, 1.807) is 0 Å². The van der Waals surface area contributed by atoms with E-state index in [9.17, 15) is 0 Å². The van der Waals surface area contributed by atoms with Crippen molar-refractivity contribution in [1.82, 2.24) is 0 Å². The zero-order chi connectivity index (χ0) is 8.72. The third-order valence-electron chi connectivity index (χ3n) is 2.57. The largest absolute Gasteiger partial charge is 0.365 e. The Balaban J connectivity index is 2.29. The Hall–Kier alpha value is -0.820. The Morgan fingerprint density at radius 2 is 1.83 bits per heavy atom. The average molecular weight is 162 g/mol. The van der Waals surface area contributed by atoms with Gasteiger partial charge in [0.25, 0.3) is 0 Å². The number of ether oxygens (including phenoxy) is 1. The second-order valence-electron chi connectivity index (χ2n) is 3.61. The third-order valence-corrected chi connectivity index (χ3v) is 2.57. The molecule has 0 N–H and O–H groups in total. The Morgan fingerprint density at radius 3 is 2.33 bits per heavy atom. The highest BCUT2D eigenvalue weighted by atomic mass is 16.6. The van der Waals surface area contributed by atoms with Gasteiger partial charge in [-0.3, -0.25) is 0 Å². The van der Waals surface area contributed by atoms with Crippen molar-refractivity contribution >= 4 is 0 Å². The van der Waals surface area contributed by atoms with Gasteiger partial charge < -0.3 is 4.74 Å². The summed E-state index contributed by atoms with van der Waals surface area (Å²) in [5.41, 5.74) is 4.04. The van der Waals surface area contributed by atoms with Crippen molar-refractivity contribution in [3.63, 3.8) is 0 Å². The summed E-state index contributed by atoms with van der Waals surface area (Å²) in [5, 5.41) is 0. The fourth-order valence-electron chi connectivity index (χ4n) is 1.48. The molecular weight excluding hydrogens is 148 g/mol. The van der Waals surface area contributed by atoms with E-state index in [-0.39, 0.29) is 0 Å². The van der Waals surface area contributed by atoms with Gasteiger partial charge in [0.1, 0.15) is 6.10 Å². The van der Waals surface area contributed by atoms with Crippen LogP contribution in [0.2, 0.25) is 0 Å². The van der Waals surface area contributed by atoms with Crippen molar-refractivity contribution in [3.05, 3.63) is 34.9 Å². The first-order chi connectivity index (χ1) is 5.68. The van der Waals surface area contributed by atoms with Gasteiger partial charge in [0, 0.05) is 0 Å². The summed E-state index contributed by atoms with van der Waals surface area (Å²) in [6.07, 6.45) is 0.788. The molecule has 64 valence electrons. The Labute approximate surface area is 73.4 Å². The summed E-state index contributed by atoms with van der Waals surface area (Å²) < 4.78 is 5.40. The zero-order valence-corrected chi connectivity index (χ0v) is 7.79. The first kappa shape index (κ1) is 7.81. The molecule has 1 saturated heterocycles. The quantitative estimate of drug-likeness (QED) is 0.578. The van der Waals surface area contributed by atoms with E-state index in [0.29, 0.717) is 12.2 Å². The van der Waals surface area contributed by atoms with Crippen molar-refractivity contribution in [1.29, 1.82) is 0 Å². The van der Waals surface area contributed by atoms with Crippen LogP contribution < -0.4 is 0 Å². The molecule has 0 aliphatic carbocycles. The van der Waals surface area contributed by atoms with Gasteiger partial charge in [-0.25, -0.2) is 0 Å². The second kappa shape index (κ2) is 2.60. The van der Waals surface area contributed by atoms with Crippen LogP contribution in [-0.4, -0.2) is 6.10 Å². The molecule has 1 heteroatoms. The van der Waals surface area contributed by atoms with Crippen LogP contribution in [0.5, 0.6) is 0 Å². The Morgan fingerprint density at radius 1 is 1.17 bits per heavy atom. The van der Waals surface area contributed by atoms with Gasteiger partial charge in [-0.2, -0.15) is 0 Å². The van der Waals surface area contributed by atoms with Crippen LogP contribution >= 0.6 is 0 Å². The first-order valence-corrected chi connectivity index (χ1v) is 4.41. The lowest BCUT2D eigenvalue weighted by atomic mass is 10.0. The molecule has 0 radical (unpaired) electrons. The number of aryl methyl sites for hydroxylation is 2. The average Bonchev–Trinajstić information content (AvgIpc) is 2.73. The van der Waals surface area contributed by atoms with Crippen LogP contribution in [0.4, 0.5) is 0 Å². The maximum Gasteiger partial charge on any atom is 0.109 e. The molecule has 12 heavy (non-hydrogen) atoms. The van der Waals surface area contributed by atoms with E-state index < -0.39 is 0 Å². The smallest absolute Gasteiger partial charge is 0.109 e. The molecule has 0 bridgehead atoms. The Bertz CT molecular complexity index is 304. The second-order valence-corrected chi connectivity index (χ2v) is 3.61. The van der Waals surface area contributed by atoms with Gasteiger partial charge in [0.2, 0.25) is 0 Å². The van der Waals surface area contributed by atoms with Crippen molar-refractivity contribution in [3.8, 4) is 0 Å². The molecule has 1 aliphatic heterocycles. The summed E-state index contributed by atoms with van der Waals surface area (Å²) >= 11 is 0. The van der Waals surface area contributed by atoms with E-state index >= 15 is 0 Å². The molecule has 1 fully saturated rings. The van der Waals surface area contributed by atoms with Gasteiger partial charge >= 0.3 is 0 Å². The summed E-state index contributed by atoms with van der Waals surface area (Å²) in [6, 6.07) is 6.55. The van der Waals surface area contributed by atoms with Gasteiger partial charge in [0.15, 0.2) is 0 Å². The van der Waals surface area contributed by atoms with Gasteiger partial charge in [-0.05, 0) is 37.5 Å². The van der Waals surface area contributed by atoms with Crippen LogP contribution in [0.15, 0.2) is 18.2 Å². The number of hydrogen-bond donors (Lipinski definition) is 0. The van der Waals surface area contributed by atoms with Crippen molar-refractivity contribution in [2.45, 2.75) is 33.0 Å². The van der Waals surface area contributed by atoms with Gasteiger partial charge in [-0.15, -0.1) is 0 Å². The van der Waals surface area contributed by atoms with Gasteiger partial charge in [-0.1, -0.05) is 18.2 Å². The standard InChI is InChI=1S/C11H14O/c1-7-4-5-10(6-8(7)2)11-9(3)12-11/h4-6,9,11H,1-3H3. The molecule has 0 amide bonds. The Kier molecular flexibility index (Phi) is 1.69. The van der Waals surface area contributed by atoms with E-state index in [0.717, 1.165) is 0 Å². The SMILES string of the molecule is Cc1ccc(C2OC2C)cc1C. The molecule has 1 aromatic rings. The van der Waals surface area contributed by atoms with E-state index in [4.69, 9.17) is 4.74 Å². The molecular formula is C11H14O. The third kappa shape index (κ3) is 1.25. The molecule has 1 heterocycles. The first-order valence-electron chi connectivity index (χ1n) is 4.41. The number of benzene rings is 1. The van der Waals surface area contributed by atoms with E-state index in [1.807, 2.05) is 0 Å². The summed E-state index contributed by atoms with van der Waals surface area (Å²) in [4.78, 5) is 0. The molecule has 0 spiro atoms. The highest BCUT2D eigenvalue weighted by Crippen LogP contribution is 2.38. The number of epoxide rings is 1. The van der Waals surface area contributed by atoms with Gasteiger partial charge in [0.05, 0.1) is 6.10 Å². The van der Waals surface area contributed by atoms with E-state index in [2.05, 4.69) is 39.0 Å². The summed E-state index contributed by atoms with van der Waals surface area (Å²) in [7, 11) is 0. The fraction of sp³-hybridized carbons (Fsp3) is 0.455. The molecule has 1 aliphatic rings. The van der Waals surface area contributed by atoms with Crippen LogP contribution in [0, 0.1) is 13.8 Å². The highest BCUT2D eigenvalue weighted by Gasteiger charge is 2.35. The lowest BCUT2D eigenvalue weighted by molar-refractivity contribution is 0.383. The van der Waals surface area contributed by atoms with Crippen LogP contribution in [0.1, 0.15) is 29.7 Å². The van der Waals surface area contributed by atoms with Crippen LogP contribution in [0.3, 0.4) is 0 Å². The molecule has 1 nitrogen and oxygen atoms in total. The maximum absolute atomic E-state index is 5.40. The summed E-state index contributed by atoms with van der Waals surface area (Å²) in [6.45, 7) is 6.39. The predicted molar refractivity (Wildman–Crippen MR) is 49.2 cm³/mol. The topological polar surface area (TPSA) is 12.5 Å². The molecule has 0 aromatic heterocycles. The van der Waals surface area contributed by atoms with Crippen molar-refractivity contribution in [2.75, 3.05) is 0 Å². The van der Waals surface area contributed by atoms with Crippen molar-refractivity contribution in [2.24, 2.45) is 0 Å². The molecule has 1 aromatic carbocycles. The minimum Gasteiger partial charge on any atom is -0.365 e. The predicted octanol–water partition coefficient (Wildman–Crippen LogP) is 2.76. The molecule has 0 saturated carbocycles. The minimum absolute atomic E-state index is 0.365. The lowest BCUT2D eigenvalue weighted by Gasteiger charge is -2.01. The van der Waals surface area contributed by atoms with Crippen LogP contribution in [0.25, 0.3) is 0 Å². The van der Waals surface area contributed by atoms with Crippen LogP contribution in [-0.2, 0) is 4.74 Å². The number of hydrogen-bond acceptors (Lipinski definition) is 1. The molecule has 2 unspecified atom stereocenters. The zero-order valence-electron chi connectivity index (χ0n) is 7.79.